The van der Waals surface area contributed by atoms with Crippen molar-refractivity contribution in [3.8, 4) is 5.69 Å². The Balaban J connectivity index is 1.49. The highest BCUT2D eigenvalue weighted by Crippen LogP contribution is 2.23. The minimum Gasteiger partial charge on any atom is -0.336 e. The number of pyridine rings is 1. The van der Waals surface area contributed by atoms with Crippen LogP contribution in [0.25, 0.3) is 16.6 Å². The smallest absolute Gasteiger partial charge is 0.269 e. The van der Waals surface area contributed by atoms with E-state index in [1.165, 1.54) is 27.8 Å². The second-order valence-corrected chi connectivity index (χ2v) is 7.17. The number of anilines is 1. The summed E-state index contributed by atoms with van der Waals surface area (Å²) in [6.07, 6.45) is 4.12. The maximum Gasteiger partial charge on any atom is 0.269 e. The van der Waals surface area contributed by atoms with Gasteiger partial charge in [0.2, 0.25) is 5.95 Å². The van der Waals surface area contributed by atoms with E-state index in [4.69, 9.17) is 0 Å². The maximum atomic E-state index is 12.9. The molecule has 1 aliphatic heterocycles. The molecule has 0 bridgehead atoms. The second kappa shape index (κ2) is 7.07. The Morgan fingerprint density at radius 1 is 1.00 bits per heavy atom. The van der Waals surface area contributed by atoms with Crippen LogP contribution in [0.1, 0.15) is 11.1 Å². The molecule has 0 N–H and O–H groups in total. The fourth-order valence-corrected chi connectivity index (χ4v) is 3.78. The van der Waals surface area contributed by atoms with Gasteiger partial charge in [-0.15, -0.1) is 0 Å². The van der Waals surface area contributed by atoms with E-state index in [0.29, 0.717) is 22.5 Å². The van der Waals surface area contributed by atoms with Crippen molar-refractivity contribution in [2.24, 2.45) is 0 Å². The third-order valence-corrected chi connectivity index (χ3v) is 5.39. The summed E-state index contributed by atoms with van der Waals surface area (Å²) < 4.78 is 1.44. The third-order valence-electron chi connectivity index (χ3n) is 5.39. The van der Waals surface area contributed by atoms with E-state index in [1.54, 1.807) is 30.6 Å². The van der Waals surface area contributed by atoms with E-state index in [1.807, 2.05) is 6.07 Å². The van der Waals surface area contributed by atoms with Gasteiger partial charge in [0, 0.05) is 43.3 Å². The van der Waals surface area contributed by atoms with Crippen LogP contribution in [-0.4, -0.2) is 26.0 Å². The summed E-state index contributed by atoms with van der Waals surface area (Å²) in [4.78, 5) is 34.5. The van der Waals surface area contributed by atoms with Crippen LogP contribution in [0, 0.1) is 10.1 Å². The number of non-ortho nitro benzene ring substituents is 1. The molecule has 0 aliphatic carbocycles. The molecule has 0 radical (unpaired) electrons. The molecule has 3 heterocycles. The maximum absolute atomic E-state index is 12.9. The molecule has 8 heteroatoms. The Hall–Kier alpha value is -4.07. The van der Waals surface area contributed by atoms with Crippen LogP contribution in [0.3, 0.4) is 0 Å². The second-order valence-electron chi connectivity index (χ2n) is 7.17. The number of rotatable bonds is 3. The molecule has 0 saturated carbocycles. The van der Waals surface area contributed by atoms with Crippen molar-refractivity contribution in [3.63, 3.8) is 0 Å². The summed E-state index contributed by atoms with van der Waals surface area (Å²) in [6.45, 7) is 1.56. The van der Waals surface area contributed by atoms with Gasteiger partial charge in [-0.1, -0.05) is 24.3 Å². The average molecular weight is 399 g/mol. The zero-order valence-electron chi connectivity index (χ0n) is 15.9. The monoisotopic (exact) mass is 399 g/mol. The largest absolute Gasteiger partial charge is 0.336 e. The molecular formula is C22H17N5O3. The first-order valence-corrected chi connectivity index (χ1v) is 9.55. The summed E-state index contributed by atoms with van der Waals surface area (Å²) in [6, 6.07) is 16.0. The number of hydrogen-bond donors (Lipinski definition) is 0. The highest BCUT2D eigenvalue weighted by atomic mass is 16.6. The first kappa shape index (κ1) is 18.0. The minimum atomic E-state index is -0.471. The summed E-state index contributed by atoms with van der Waals surface area (Å²) in [5, 5.41) is 11.2. The van der Waals surface area contributed by atoms with Crippen molar-refractivity contribution in [1.82, 2.24) is 14.5 Å². The predicted molar refractivity (Wildman–Crippen MR) is 113 cm³/mol. The summed E-state index contributed by atoms with van der Waals surface area (Å²) in [5.74, 6) is 0.601. The molecule has 2 aromatic carbocycles. The Labute approximate surface area is 171 Å². The Morgan fingerprint density at radius 2 is 1.77 bits per heavy atom. The third kappa shape index (κ3) is 3.08. The Morgan fingerprint density at radius 3 is 2.53 bits per heavy atom. The van der Waals surface area contributed by atoms with Gasteiger partial charge in [-0.2, -0.15) is 0 Å². The lowest BCUT2D eigenvalue weighted by Crippen LogP contribution is -2.31. The van der Waals surface area contributed by atoms with Gasteiger partial charge < -0.3 is 4.90 Å². The summed E-state index contributed by atoms with van der Waals surface area (Å²) in [5.41, 5.74) is 3.44. The van der Waals surface area contributed by atoms with Gasteiger partial charge in [-0.3, -0.25) is 19.5 Å². The van der Waals surface area contributed by atoms with E-state index < -0.39 is 4.92 Å². The van der Waals surface area contributed by atoms with Crippen molar-refractivity contribution in [2.75, 3.05) is 11.4 Å². The van der Waals surface area contributed by atoms with Crippen LogP contribution in [0.5, 0.6) is 0 Å². The van der Waals surface area contributed by atoms with Gasteiger partial charge in [0.15, 0.2) is 0 Å². The molecule has 0 amide bonds. The van der Waals surface area contributed by atoms with Crippen LogP contribution in [0.2, 0.25) is 0 Å². The van der Waals surface area contributed by atoms with Crippen LogP contribution in [-0.2, 0) is 13.0 Å². The van der Waals surface area contributed by atoms with Crippen LogP contribution >= 0.6 is 0 Å². The van der Waals surface area contributed by atoms with Gasteiger partial charge in [0.05, 0.1) is 15.8 Å². The standard InChI is InChI=1S/C22H17N5O3/c28-21-19-13-23-22(25-11-9-15-3-1-2-4-16(15)14-25)24-20(19)10-12-26(21)17-5-7-18(8-6-17)27(29)30/h1-8,10,12-13H,9,11,14H2. The van der Waals surface area contributed by atoms with Crippen molar-refractivity contribution < 1.29 is 4.92 Å². The Kier molecular flexibility index (Phi) is 4.24. The van der Waals surface area contributed by atoms with E-state index in [2.05, 4.69) is 33.1 Å². The topological polar surface area (TPSA) is 94.2 Å². The van der Waals surface area contributed by atoms with E-state index in [0.717, 1.165) is 19.5 Å². The molecule has 148 valence electrons. The lowest BCUT2D eigenvalue weighted by atomic mass is 10.0. The molecule has 0 fully saturated rings. The van der Waals surface area contributed by atoms with Gasteiger partial charge in [0.25, 0.3) is 11.2 Å². The molecule has 2 aromatic heterocycles. The van der Waals surface area contributed by atoms with Crippen molar-refractivity contribution >= 4 is 22.5 Å². The van der Waals surface area contributed by atoms with Gasteiger partial charge in [-0.05, 0) is 35.7 Å². The molecule has 8 nitrogen and oxygen atoms in total. The number of aromatic nitrogens is 3. The lowest BCUT2D eigenvalue weighted by molar-refractivity contribution is -0.384. The highest BCUT2D eigenvalue weighted by molar-refractivity contribution is 5.78. The summed E-state index contributed by atoms with van der Waals surface area (Å²) in [7, 11) is 0. The molecule has 4 aromatic rings. The number of benzene rings is 2. The molecule has 30 heavy (non-hydrogen) atoms. The SMILES string of the molecule is O=c1c2cnc(N3CCc4ccccc4C3)nc2ccn1-c1ccc([N+](=O)[O-])cc1. The number of nitro groups is 1. The highest BCUT2D eigenvalue weighted by Gasteiger charge is 2.19. The van der Waals surface area contributed by atoms with Crippen molar-refractivity contribution in [2.45, 2.75) is 13.0 Å². The minimum absolute atomic E-state index is 0.0244. The van der Waals surface area contributed by atoms with Crippen molar-refractivity contribution in [3.05, 3.63) is 98.6 Å². The molecular weight excluding hydrogens is 382 g/mol. The number of nitro benzene ring substituents is 1. The molecule has 0 unspecified atom stereocenters. The molecule has 0 atom stereocenters. The van der Waals surface area contributed by atoms with E-state index in [9.17, 15) is 14.9 Å². The number of hydrogen-bond acceptors (Lipinski definition) is 6. The first-order valence-electron chi connectivity index (χ1n) is 9.55. The molecule has 0 spiro atoms. The lowest BCUT2D eigenvalue weighted by Gasteiger charge is -2.28. The van der Waals surface area contributed by atoms with Gasteiger partial charge in [0.1, 0.15) is 0 Å². The van der Waals surface area contributed by atoms with Crippen LogP contribution in [0.15, 0.2) is 71.8 Å². The van der Waals surface area contributed by atoms with Gasteiger partial charge >= 0.3 is 0 Å². The number of fused-ring (bicyclic) bond motifs is 2. The fourth-order valence-electron chi connectivity index (χ4n) is 3.78. The Bertz CT molecular complexity index is 1330. The number of nitrogens with zero attached hydrogens (tertiary/aromatic N) is 5. The first-order chi connectivity index (χ1) is 14.6. The quantitative estimate of drug-likeness (QED) is 0.388. The molecule has 0 saturated heterocycles. The van der Waals surface area contributed by atoms with E-state index >= 15 is 0 Å². The zero-order chi connectivity index (χ0) is 20.7. The zero-order valence-corrected chi connectivity index (χ0v) is 15.9. The average Bonchev–Trinajstić information content (AvgIpc) is 2.79. The van der Waals surface area contributed by atoms with Crippen molar-refractivity contribution in [1.29, 1.82) is 0 Å². The molecule has 5 rings (SSSR count). The normalized spacial score (nSPS) is 13.3. The van der Waals surface area contributed by atoms with E-state index in [-0.39, 0.29) is 11.2 Å². The van der Waals surface area contributed by atoms with Gasteiger partial charge in [-0.25, -0.2) is 9.97 Å². The fraction of sp³-hybridized carbons (Fsp3) is 0.136. The molecule has 1 aliphatic rings. The summed E-state index contributed by atoms with van der Waals surface area (Å²) >= 11 is 0. The van der Waals surface area contributed by atoms with Crippen LogP contribution in [0.4, 0.5) is 11.6 Å². The van der Waals surface area contributed by atoms with Crippen LogP contribution < -0.4 is 10.5 Å². The predicted octanol–water partition coefficient (Wildman–Crippen LogP) is 3.25.